The Morgan fingerprint density at radius 3 is 2.15 bits per heavy atom. The number of halogens is 4. The summed E-state index contributed by atoms with van der Waals surface area (Å²) in [7, 11) is -4.48. The predicted molar refractivity (Wildman–Crippen MR) is 154 cm³/mol. The van der Waals surface area contributed by atoms with Gasteiger partial charge in [0.25, 0.3) is 10.0 Å². The Bertz CT molecular complexity index is 1450. The smallest absolute Gasteiger partial charge is 0.354 e. The number of carbonyl (C=O) groups is 2. The molecule has 0 fully saturated rings. The summed E-state index contributed by atoms with van der Waals surface area (Å²) in [6, 6.07) is 16.9. The van der Waals surface area contributed by atoms with E-state index < -0.39 is 46.2 Å². The largest absolute Gasteiger partial charge is 0.416 e. The minimum atomic E-state index is -4.74. The zero-order valence-corrected chi connectivity index (χ0v) is 25.1. The minimum Gasteiger partial charge on any atom is -0.354 e. The summed E-state index contributed by atoms with van der Waals surface area (Å²) in [4.78, 5) is 27.9. The highest BCUT2D eigenvalue weighted by Crippen LogP contribution is 2.33. The highest BCUT2D eigenvalue weighted by atomic mass is 79.9. The van der Waals surface area contributed by atoms with Gasteiger partial charge >= 0.3 is 6.18 Å². The molecule has 12 heteroatoms. The molecule has 0 bridgehead atoms. The SMILES string of the molecule is CC(C)CNC(=O)[C@H](C)N(Cc1ccc(Br)cc1)C(=O)CN(c1cccc(C(F)(F)F)c1)S(=O)(=O)c1ccccc1. The lowest BCUT2D eigenvalue weighted by Gasteiger charge is -2.32. The van der Waals surface area contributed by atoms with Crippen molar-refractivity contribution in [3.63, 3.8) is 0 Å². The summed E-state index contributed by atoms with van der Waals surface area (Å²) >= 11 is 3.35. The summed E-state index contributed by atoms with van der Waals surface area (Å²) < 4.78 is 69.5. The van der Waals surface area contributed by atoms with Crippen molar-refractivity contribution < 1.29 is 31.2 Å². The Morgan fingerprint density at radius 1 is 0.927 bits per heavy atom. The zero-order valence-electron chi connectivity index (χ0n) is 22.7. The number of carbonyl (C=O) groups excluding carboxylic acids is 2. The molecule has 0 spiro atoms. The van der Waals surface area contributed by atoms with Crippen LogP contribution in [0.1, 0.15) is 31.9 Å². The summed E-state index contributed by atoms with van der Waals surface area (Å²) in [5.74, 6) is -1.06. The van der Waals surface area contributed by atoms with Gasteiger partial charge in [0.1, 0.15) is 12.6 Å². The van der Waals surface area contributed by atoms with Gasteiger partial charge in [0.2, 0.25) is 11.8 Å². The molecule has 0 aliphatic heterocycles. The first-order chi connectivity index (χ1) is 19.2. The van der Waals surface area contributed by atoms with E-state index in [-0.39, 0.29) is 23.0 Å². The normalized spacial score (nSPS) is 12.6. The Kier molecular flexibility index (Phi) is 10.6. The summed E-state index contributed by atoms with van der Waals surface area (Å²) in [5.41, 5.74) is -0.733. The second kappa shape index (κ2) is 13.5. The molecule has 0 aliphatic carbocycles. The van der Waals surface area contributed by atoms with Crippen molar-refractivity contribution in [2.24, 2.45) is 5.92 Å². The van der Waals surface area contributed by atoms with E-state index in [4.69, 9.17) is 0 Å². The first-order valence-electron chi connectivity index (χ1n) is 12.8. The second-order valence-electron chi connectivity index (χ2n) is 9.84. The molecule has 1 atom stereocenters. The van der Waals surface area contributed by atoms with Gasteiger partial charge < -0.3 is 10.2 Å². The van der Waals surface area contributed by atoms with Gasteiger partial charge in [0.05, 0.1) is 16.1 Å². The lowest BCUT2D eigenvalue weighted by atomic mass is 10.1. The molecule has 7 nitrogen and oxygen atoms in total. The molecule has 1 N–H and O–H groups in total. The minimum absolute atomic E-state index is 0.0375. The van der Waals surface area contributed by atoms with Gasteiger partial charge in [-0.2, -0.15) is 13.2 Å². The lowest BCUT2D eigenvalue weighted by Crippen LogP contribution is -2.51. The number of anilines is 1. The van der Waals surface area contributed by atoms with Crippen LogP contribution < -0.4 is 9.62 Å². The van der Waals surface area contributed by atoms with Crippen LogP contribution in [0.4, 0.5) is 18.9 Å². The maximum atomic E-state index is 13.9. The van der Waals surface area contributed by atoms with Crippen LogP contribution in [0.2, 0.25) is 0 Å². The van der Waals surface area contributed by atoms with Crippen LogP contribution in [0.5, 0.6) is 0 Å². The molecule has 0 heterocycles. The maximum Gasteiger partial charge on any atom is 0.416 e. The number of nitrogens with zero attached hydrogens (tertiary/aromatic N) is 2. The maximum absolute atomic E-state index is 13.9. The average molecular weight is 655 g/mol. The van der Waals surface area contributed by atoms with Gasteiger partial charge in [0, 0.05) is 17.6 Å². The summed E-state index contributed by atoms with van der Waals surface area (Å²) in [5, 5.41) is 2.78. The third-order valence-electron chi connectivity index (χ3n) is 6.19. The molecule has 3 aromatic carbocycles. The number of hydrogen-bond donors (Lipinski definition) is 1. The number of amides is 2. The van der Waals surface area contributed by atoms with Gasteiger partial charge in [-0.1, -0.05) is 66.2 Å². The van der Waals surface area contributed by atoms with Gasteiger partial charge in [-0.05, 0) is 60.9 Å². The van der Waals surface area contributed by atoms with Crippen molar-refractivity contribution in [3.05, 3.63) is 94.5 Å². The van der Waals surface area contributed by atoms with Crippen LogP contribution >= 0.6 is 15.9 Å². The van der Waals surface area contributed by atoms with Crippen molar-refractivity contribution in [3.8, 4) is 0 Å². The van der Waals surface area contributed by atoms with Gasteiger partial charge in [-0.3, -0.25) is 13.9 Å². The number of hydrogen-bond acceptors (Lipinski definition) is 4. The van der Waals surface area contributed by atoms with Crippen LogP contribution in [0, 0.1) is 5.92 Å². The Balaban J connectivity index is 2.05. The van der Waals surface area contributed by atoms with E-state index in [9.17, 15) is 31.2 Å². The van der Waals surface area contributed by atoms with Crippen molar-refractivity contribution in [2.45, 2.75) is 44.4 Å². The molecule has 0 radical (unpaired) electrons. The Labute approximate surface area is 246 Å². The predicted octanol–water partition coefficient (Wildman–Crippen LogP) is 5.85. The molecule has 3 aromatic rings. The third-order valence-corrected chi connectivity index (χ3v) is 8.51. The quantitative estimate of drug-likeness (QED) is 0.281. The molecule has 0 saturated carbocycles. The topological polar surface area (TPSA) is 86.8 Å². The number of sulfonamides is 1. The monoisotopic (exact) mass is 653 g/mol. The molecule has 0 aromatic heterocycles. The fourth-order valence-corrected chi connectivity index (χ4v) is 5.60. The number of rotatable bonds is 11. The van der Waals surface area contributed by atoms with Crippen molar-refractivity contribution in [1.82, 2.24) is 10.2 Å². The highest BCUT2D eigenvalue weighted by Gasteiger charge is 2.35. The molecule has 41 heavy (non-hydrogen) atoms. The van der Waals surface area contributed by atoms with Crippen molar-refractivity contribution >= 4 is 43.5 Å². The summed E-state index contributed by atoms with van der Waals surface area (Å²) in [6.45, 7) is 4.84. The molecular weight excluding hydrogens is 623 g/mol. The molecule has 2 amide bonds. The molecular formula is C29H31BrF3N3O4S. The fourth-order valence-electron chi connectivity index (χ4n) is 3.91. The Hall–Kier alpha value is -3.38. The number of benzene rings is 3. The van der Waals surface area contributed by atoms with Crippen LogP contribution in [-0.4, -0.2) is 44.3 Å². The summed E-state index contributed by atoms with van der Waals surface area (Å²) in [6.07, 6.45) is -4.74. The molecule has 0 saturated heterocycles. The Morgan fingerprint density at radius 2 is 1.56 bits per heavy atom. The lowest BCUT2D eigenvalue weighted by molar-refractivity contribution is -0.139. The van der Waals surface area contributed by atoms with Crippen LogP contribution in [0.25, 0.3) is 0 Å². The van der Waals surface area contributed by atoms with Crippen LogP contribution in [0.3, 0.4) is 0 Å². The fraction of sp³-hybridized carbons (Fsp3) is 0.310. The standard InChI is InChI=1S/C29H31BrF3N3O4S/c1-20(2)17-34-28(38)21(3)35(18-22-12-14-24(30)15-13-22)27(37)19-36(41(39,40)26-10-5-4-6-11-26)25-9-7-8-23(16-25)29(31,32)33/h4-16,20-21H,17-19H2,1-3H3,(H,34,38)/t21-/m0/s1. The van der Waals surface area contributed by atoms with E-state index in [0.717, 1.165) is 16.6 Å². The van der Waals surface area contributed by atoms with Gasteiger partial charge in [0.15, 0.2) is 0 Å². The van der Waals surface area contributed by atoms with Gasteiger partial charge in [-0.25, -0.2) is 8.42 Å². The average Bonchev–Trinajstić information content (AvgIpc) is 2.93. The molecule has 0 aliphatic rings. The van der Waals surface area contributed by atoms with Gasteiger partial charge in [-0.15, -0.1) is 0 Å². The van der Waals surface area contributed by atoms with E-state index >= 15 is 0 Å². The number of alkyl halides is 3. The van der Waals surface area contributed by atoms with E-state index in [1.807, 2.05) is 13.8 Å². The van der Waals surface area contributed by atoms with Crippen molar-refractivity contribution in [1.29, 1.82) is 0 Å². The molecule has 3 rings (SSSR count). The van der Waals surface area contributed by atoms with Crippen molar-refractivity contribution in [2.75, 3.05) is 17.4 Å². The van der Waals surface area contributed by atoms with E-state index in [0.29, 0.717) is 22.5 Å². The highest BCUT2D eigenvalue weighted by molar-refractivity contribution is 9.10. The molecule has 220 valence electrons. The first kappa shape index (κ1) is 32.1. The second-order valence-corrected chi connectivity index (χ2v) is 12.6. The van der Waals surface area contributed by atoms with Crippen LogP contribution in [-0.2, 0) is 32.3 Å². The number of nitrogens with one attached hydrogen (secondary N) is 1. The van der Waals surface area contributed by atoms with E-state index in [1.165, 1.54) is 42.2 Å². The van der Waals surface area contributed by atoms with E-state index in [2.05, 4.69) is 21.2 Å². The molecule has 0 unspecified atom stereocenters. The first-order valence-corrected chi connectivity index (χ1v) is 15.0. The zero-order chi connectivity index (χ0) is 30.4. The van der Waals surface area contributed by atoms with Crippen LogP contribution in [0.15, 0.2) is 88.2 Å². The third kappa shape index (κ3) is 8.56. The van der Waals surface area contributed by atoms with E-state index in [1.54, 1.807) is 30.3 Å².